The molecule has 1 saturated heterocycles. The minimum absolute atomic E-state index is 0.0893. The second kappa shape index (κ2) is 6.67. The lowest BCUT2D eigenvalue weighted by Gasteiger charge is -2.33. The number of halogens is 1. The third-order valence-electron chi connectivity index (χ3n) is 4.32. The van der Waals surface area contributed by atoms with E-state index in [1.54, 1.807) is 18.5 Å². The van der Waals surface area contributed by atoms with Crippen molar-refractivity contribution in [1.29, 1.82) is 0 Å². The molecule has 1 aromatic carbocycles. The molecular weight excluding hydrogens is 307 g/mol. The average molecular weight is 326 g/mol. The number of rotatable bonds is 4. The van der Waals surface area contributed by atoms with Crippen LogP contribution in [-0.2, 0) is 17.8 Å². The van der Waals surface area contributed by atoms with E-state index in [1.807, 2.05) is 29.1 Å². The van der Waals surface area contributed by atoms with Crippen LogP contribution in [0.15, 0.2) is 48.9 Å². The topological polar surface area (TPSA) is 43.2 Å². The van der Waals surface area contributed by atoms with Crippen molar-refractivity contribution in [2.45, 2.75) is 19.2 Å². The molecule has 124 valence electrons. The van der Waals surface area contributed by atoms with Crippen molar-refractivity contribution in [3.8, 4) is 0 Å². The summed E-state index contributed by atoms with van der Waals surface area (Å²) in [6.45, 7) is 3.70. The first kappa shape index (κ1) is 15.2. The fraction of sp³-hybridized carbons (Fsp3) is 0.333. The zero-order valence-corrected chi connectivity index (χ0v) is 13.3. The zero-order valence-electron chi connectivity index (χ0n) is 13.3. The standard InChI is InChI=1S/C18H19FN4O/c19-16-9-14-3-1-4-20-18(14)15(10-16)11-22-7-8-24-17(12-22)13-23-6-2-5-21-23/h1-6,9-10,17H,7-8,11-13H2. The maximum atomic E-state index is 13.9. The number of pyridine rings is 1. The molecule has 2 aromatic heterocycles. The third-order valence-corrected chi connectivity index (χ3v) is 4.32. The third kappa shape index (κ3) is 3.29. The molecule has 1 unspecified atom stereocenters. The molecule has 1 atom stereocenters. The number of aromatic nitrogens is 3. The summed E-state index contributed by atoms with van der Waals surface area (Å²) in [5, 5.41) is 5.07. The summed E-state index contributed by atoms with van der Waals surface area (Å²) in [6.07, 6.45) is 5.55. The number of ether oxygens (including phenoxy) is 1. The van der Waals surface area contributed by atoms with Gasteiger partial charge in [-0.25, -0.2) is 4.39 Å². The highest BCUT2D eigenvalue weighted by atomic mass is 19.1. The van der Waals surface area contributed by atoms with Crippen LogP contribution in [0.5, 0.6) is 0 Å². The smallest absolute Gasteiger partial charge is 0.124 e. The zero-order chi connectivity index (χ0) is 16.4. The van der Waals surface area contributed by atoms with Gasteiger partial charge >= 0.3 is 0 Å². The largest absolute Gasteiger partial charge is 0.374 e. The molecule has 0 spiro atoms. The van der Waals surface area contributed by atoms with Crippen LogP contribution in [0.3, 0.4) is 0 Å². The molecular formula is C18H19FN4O. The van der Waals surface area contributed by atoms with E-state index < -0.39 is 0 Å². The van der Waals surface area contributed by atoms with Crippen molar-refractivity contribution in [1.82, 2.24) is 19.7 Å². The number of hydrogen-bond donors (Lipinski definition) is 0. The van der Waals surface area contributed by atoms with Gasteiger partial charge in [0, 0.05) is 43.6 Å². The summed E-state index contributed by atoms with van der Waals surface area (Å²) in [7, 11) is 0. The van der Waals surface area contributed by atoms with Crippen LogP contribution >= 0.6 is 0 Å². The summed E-state index contributed by atoms with van der Waals surface area (Å²) < 4.78 is 21.6. The number of morpholine rings is 1. The Labute approximate surface area is 139 Å². The highest BCUT2D eigenvalue weighted by Gasteiger charge is 2.22. The summed E-state index contributed by atoms with van der Waals surface area (Å²) >= 11 is 0. The number of fused-ring (bicyclic) bond motifs is 1. The van der Waals surface area contributed by atoms with Gasteiger partial charge in [0.25, 0.3) is 0 Å². The van der Waals surface area contributed by atoms with Crippen LogP contribution < -0.4 is 0 Å². The molecule has 0 amide bonds. The molecule has 1 aliphatic heterocycles. The first-order valence-corrected chi connectivity index (χ1v) is 8.12. The minimum Gasteiger partial charge on any atom is -0.374 e. The first-order valence-electron chi connectivity index (χ1n) is 8.12. The van der Waals surface area contributed by atoms with E-state index in [2.05, 4.69) is 15.0 Å². The average Bonchev–Trinajstić information content (AvgIpc) is 3.08. The van der Waals surface area contributed by atoms with Gasteiger partial charge in [-0.2, -0.15) is 5.10 Å². The molecule has 5 nitrogen and oxygen atoms in total. The quantitative estimate of drug-likeness (QED) is 0.739. The minimum atomic E-state index is -0.216. The molecule has 0 aliphatic carbocycles. The molecule has 4 rings (SSSR count). The van der Waals surface area contributed by atoms with Gasteiger partial charge in [-0.3, -0.25) is 14.6 Å². The van der Waals surface area contributed by atoms with Crippen LogP contribution in [0.1, 0.15) is 5.56 Å². The molecule has 6 heteroatoms. The molecule has 0 bridgehead atoms. The molecule has 0 radical (unpaired) electrons. The SMILES string of the molecule is Fc1cc(CN2CCOC(Cn3cccn3)C2)c2ncccc2c1. The van der Waals surface area contributed by atoms with Crippen molar-refractivity contribution < 1.29 is 9.13 Å². The summed E-state index contributed by atoms with van der Waals surface area (Å²) in [5.41, 5.74) is 1.79. The number of benzene rings is 1. The van der Waals surface area contributed by atoms with Gasteiger partial charge in [0.2, 0.25) is 0 Å². The Morgan fingerprint density at radius 1 is 1.25 bits per heavy atom. The van der Waals surface area contributed by atoms with Crippen molar-refractivity contribution in [2.75, 3.05) is 19.7 Å². The van der Waals surface area contributed by atoms with Crippen molar-refractivity contribution >= 4 is 10.9 Å². The van der Waals surface area contributed by atoms with Crippen LogP contribution in [-0.4, -0.2) is 45.5 Å². The highest BCUT2D eigenvalue weighted by Crippen LogP contribution is 2.21. The van der Waals surface area contributed by atoms with Gasteiger partial charge in [-0.05, 0) is 29.8 Å². The van der Waals surface area contributed by atoms with Gasteiger partial charge in [0.05, 0.1) is 24.8 Å². The Hall–Kier alpha value is -2.31. The Bertz CT molecular complexity index is 821. The fourth-order valence-electron chi connectivity index (χ4n) is 3.24. The second-order valence-electron chi connectivity index (χ2n) is 6.10. The maximum absolute atomic E-state index is 13.9. The molecule has 0 N–H and O–H groups in total. The second-order valence-corrected chi connectivity index (χ2v) is 6.10. The van der Waals surface area contributed by atoms with Gasteiger partial charge in [-0.15, -0.1) is 0 Å². The molecule has 1 aliphatic rings. The van der Waals surface area contributed by atoms with Crippen LogP contribution in [0.4, 0.5) is 4.39 Å². The Kier molecular flexibility index (Phi) is 4.23. The predicted molar refractivity (Wildman–Crippen MR) is 88.9 cm³/mol. The lowest BCUT2D eigenvalue weighted by atomic mass is 10.1. The molecule has 1 fully saturated rings. The highest BCUT2D eigenvalue weighted by molar-refractivity contribution is 5.81. The van der Waals surface area contributed by atoms with Crippen LogP contribution in [0.25, 0.3) is 10.9 Å². The van der Waals surface area contributed by atoms with E-state index in [1.165, 1.54) is 6.07 Å². The number of nitrogens with zero attached hydrogens (tertiary/aromatic N) is 4. The number of hydrogen-bond acceptors (Lipinski definition) is 4. The van der Waals surface area contributed by atoms with Gasteiger partial charge in [0.1, 0.15) is 5.82 Å². The van der Waals surface area contributed by atoms with E-state index in [9.17, 15) is 4.39 Å². The molecule has 3 heterocycles. The van der Waals surface area contributed by atoms with E-state index in [0.29, 0.717) is 13.2 Å². The lowest BCUT2D eigenvalue weighted by Crippen LogP contribution is -2.43. The predicted octanol–water partition coefficient (Wildman–Crippen LogP) is 2.47. The van der Waals surface area contributed by atoms with E-state index in [-0.39, 0.29) is 11.9 Å². The fourth-order valence-corrected chi connectivity index (χ4v) is 3.24. The Morgan fingerprint density at radius 2 is 2.21 bits per heavy atom. The van der Waals surface area contributed by atoms with Crippen LogP contribution in [0.2, 0.25) is 0 Å². The van der Waals surface area contributed by atoms with E-state index in [4.69, 9.17) is 4.74 Å². The van der Waals surface area contributed by atoms with Gasteiger partial charge < -0.3 is 4.74 Å². The lowest BCUT2D eigenvalue weighted by molar-refractivity contribution is -0.0401. The van der Waals surface area contributed by atoms with Gasteiger partial charge in [-0.1, -0.05) is 6.07 Å². The molecule has 0 saturated carbocycles. The monoisotopic (exact) mass is 326 g/mol. The molecule has 24 heavy (non-hydrogen) atoms. The summed E-state index contributed by atoms with van der Waals surface area (Å²) in [5.74, 6) is -0.216. The maximum Gasteiger partial charge on any atom is 0.124 e. The van der Waals surface area contributed by atoms with Crippen molar-refractivity contribution in [3.05, 3.63) is 60.3 Å². The van der Waals surface area contributed by atoms with E-state index >= 15 is 0 Å². The Balaban J connectivity index is 1.50. The van der Waals surface area contributed by atoms with Crippen molar-refractivity contribution in [3.63, 3.8) is 0 Å². The molecule has 3 aromatic rings. The normalized spacial score (nSPS) is 19.0. The summed E-state index contributed by atoms with van der Waals surface area (Å²) in [4.78, 5) is 6.72. The summed E-state index contributed by atoms with van der Waals surface area (Å²) in [6, 6.07) is 8.76. The van der Waals surface area contributed by atoms with Gasteiger partial charge in [0.15, 0.2) is 0 Å². The van der Waals surface area contributed by atoms with Crippen molar-refractivity contribution in [2.24, 2.45) is 0 Å². The van der Waals surface area contributed by atoms with E-state index in [0.717, 1.165) is 36.1 Å². The Morgan fingerprint density at radius 3 is 3.08 bits per heavy atom. The first-order chi connectivity index (χ1) is 11.8. The van der Waals surface area contributed by atoms with Crippen LogP contribution in [0, 0.1) is 5.82 Å².